The van der Waals surface area contributed by atoms with Crippen LogP contribution in [0.4, 0.5) is 0 Å². The molecule has 1 fully saturated rings. The third-order valence-corrected chi connectivity index (χ3v) is 4.25. The van der Waals surface area contributed by atoms with Gasteiger partial charge in [-0.2, -0.15) is 0 Å². The number of nitrogens with zero attached hydrogens (tertiary/aromatic N) is 1. The minimum absolute atomic E-state index is 0.0812. The Hall–Kier alpha value is -0.390. The maximum absolute atomic E-state index is 11.5. The molecule has 0 aromatic heterocycles. The summed E-state index contributed by atoms with van der Waals surface area (Å²) in [6.45, 7) is 0.662. The van der Waals surface area contributed by atoms with Gasteiger partial charge in [-0.1, -0.05) is 31.9 Å². The van der Waals surface area contributed by atoms with Crippen molar-refractivity contribution >= 4 is 37.8 Å². The van der Waals surface area contributed by atoms with Crippen LogP contribution in [0.5, 0.6) is 0 Å². The van der Waals surface area contributed by atoms with Crippen LogP contribution in [0.3, 0.4) is 0 Å². The highest BCUT2D eigenvalue weighted by Gasteiger charge is 2.28. The molecule has 1 amide bonds. The van der Waals surface area contributed by atoms with E-state index in [-0.39, 0.29) is 5.91 Å². The lowest BCUT2D eigenvalue weighted by atomic mass is 10.1. The summed E-state index contributed by atoms with van der Waals surface area (Å²) in [5.74, 6) is 0.0812. The highest BCUT2D eigenvalue weighted by atomic mass is 79.9. The van der Waals surface area contributed by atoms with Crippen LogP contribution in [0.1, 0.15) is 31.2 Å². The van der Waals surface area contributed by atoms with Crippen molar-refractivity contribution in [2.45, 2.75) is 38.3 Å². The van der Waals surface area contributed by atoms with Crippen LogP contribution in [0, 0.1) is 0 Å². The quantitative estimate of drug-likeness (QED) is 0.782. The van der Waals surface area contributed by atoms with Crippen molar-refractivity contribution in [2.75, 3.05) is 6.54 Å². The second kappa shape index (κ2) is 6.86. The summed E-state index contributed by atoms with van der Waals surface area (Å²) in [5.41, 5.74) is 1.27. The van der Waals surface area contributed by atoms with Gasteiger partial charge in [0, 0.05) is 28.3 Å². The Labute approximate surface area is 130 Å². The third-order valence-electron chi connectivity index (χ3n) is 3.33. The van der Waals surface area contributed by atoms with Crippen molar-refractivity contribution in [1.82, 2.24) is 4.90 Å². The van der Waals surface area contributed by atoms with Gasteiger partial charge < -0.3 is 10.0 Å². The Balaban J connectivity index is 1.76. The summed E-state index contributed by atoms with van der Waals surface area (Å²) < 4.78 is 2.14. The summed E-state index contributed by atoms with van der Waals surface area (Å²) in [6.07, 6.45) is 3.42. The largest absolute Gasteiger partial charge is 0.374 e. The van der Waals surface area contributed by atoms with Crippen molar-refractivity contribution in [3.63, 3.8) is 0 Å². The number of amides is 1. The molecule has 104 valence electrons. The first-order valence-corrected chi connectivity index (χ1v) is 8.07. The summed E-state index contributed by atoms with van der Waals surface area (Å²) in [6, 6.07) is 6.24. The van der Waals surface area contributed by atoms with Gasteiger partial charge in [-0.05, 0) is 43.0 Å². The minimum atomic E-state index is -0.562. The molecule has 0 bridgehead atoms. The fraction of sp³-hybridized carbons (Fsp3) is 0.500. The highest BCUT2D eigenvalue weighted by molar-refractivity contribution is 9.11. The number of halogens is 2. The zero-order valence-electron chi connectivity index (χ0n) is 10.6. The number of carbonyl (C=O) groups excluding carboxylic acids is 1. The Morgan fingerprint density at radius 2 is 1.89 bits per heavy atom. The molecule has 2 rings (SSSR count). The lowest BCUT2D eigenvalue weighted by Gasteiger charge is -2.20. The number of rotatable bonds is 5. The lowest BCUT2D eigenvalue weighted by Crippen LogP contribution is -2.33. The van der Waals surface area contributed by atoms with E-state index in [9.17, 15) is 9.90 Å². The Kier molecular flexibility index (Phi) is 5.42. The van der Waals surface area contributed by atoms with E-state index in [2.05, 4.69) is 44.0 Å². The molecular formula is C14H17Br2NO2. The van der Waals surface area contributed by atoms with Gasteiger partial charge in [0.15, 0.2) is 0 Å². The third kappa shape index (κ3) is 4.29. The summed E-state index contributed by atoms with van der Waals surface area (Å²) in [7, 11) is 0. The number of benzene rings is 1. The zero-order valence-corrected chi connectivity index (χ0v) is 13.8. The van der Waals surface area contributed by atoms with E-state index in [0.29, 0.717) is 19.4 Å². The maximum Gasteiger partial charge on any atom is 0.224 e. The van der Waals surface area contributed by atoms with Gasteiger partial charge >= 0.3 is 0 Å². The van der Waals surface area contributed by atoms with E-state index in [1.54, 1.807) is 4.90 Å². The van der Waals surface area contributed by atoms with Crippen molar-refractivity contribution in [1.29, 1.82) is 0 Å². The SMILES string of the molecule is O=C1CCC(O)N1CCCCc1cc(Br)cc(Br)c1. The molecule has 1 heterocycles. The van der Waals surface area contributed by atoms with Gasteiger partial charge in [0.25, 0.3) is 0 Å². The van der Waals surface area contributed by atoms with Crippen molar-refractivity contribution in [3.8, 4) is 0 Å². The van der Waals surface area contributed by atoms with Gasteiger partial charge in [-0.25, -0.2) is 0 Å². The maximum atomic E-state index is 11.5. The van der Waals surface area contributed by atoms with E-state index in [1.165, 1.54) is 5.56 Å². The normalized spacial score (nSPS) is 19.2. The number of hydrogen-bond donors (Lipinski definition) is 1. The molecule has 0 radical (unpaired) electrons. The molecule has 1 aromatic rings. The second-order valence-electron chi connectivity index (χ2n) is 4.84. The predicted octanol–water partition coefficient (Wildman–Crippen LogP) is 3.48. The Bertz CT molecular complexity index is 445. The highest BCUT2D eigenvalue weighted by Crippen LogP contribution is 2.22. The molecule has 0 spiro atoms. The van der Waals surface area contributed by atoms with Crippen LogP contribution in [0.15, 0.2) is 27.1 Å². The number of hydrogen-bond acceptors (Lipinski definition) is 2. The second-order valence-corrected chi connectivity index (χ2v) is 6.67. The van der Waals surface area contributed by atoms with E-state index >= 15 is 0 Å². The van der Waals surface area contributed by atoms with Crippen molar-refractivity contribution in [3.05, 3.63) is 32.7 Å². The molecular weight excluding hydrogens is 374 g/mol. The molecule has 1 unspecified atom stereocenters. The zero-order chi connectivity index (χ0) is 13.8. The average molecular weight is 391 g/mol. The number of likely N-dealkylation sites (tertiary alicyclic amines) is 1. The van der Waals surface area contributed by atoms with Gasteiger partial charge in [0.05, 0.1) is 0 Å². The smallest absolute Gasteiger partial charge is 0.224 e. The van der Waals surface area contributed by atoms with E-state index in [0.717, 1.165) is 28.2 Å². The van der Waals surface area contributed by atoms with Crippen LogP contribution in [0.25, 0.3) is 0 Å². The van der Waals surface area contributed by atoms with Gasteiger partial charge in [0.1, 0.15) is 6.23 Å². The molecule has 1 N–H and O–H groups in total. The number of aliphatic hydroxyl groups excluding tert-OH is 1. The summed E-state index contributed by atoms with van der Waals surface area (Å²) in [5, 5.41) is 9.64. The minimum Gasteiger partial charge on any atom is -0.374 e. The van der Waals surface area contributed by atoms with Crippen LogP contribution >= 0.6 is 31.9 Å². The molecule has 1 atom stereocenters. The standard InChI is InChI=1S/C14H17Br2NO2/c15-11-7-10(8-12(16)9-11)3-1-2-6-17-13(18)4-5-14(17)19/h7-9,13,18H,1-6H2. The first-order chi connectivity index (χ1) is 9.06. The molecule has 5 heteroatoms. The molecule has 1 saturated heterocycles. The molecule has 1 aromatic carbocycles. The topological polar surface area (TPSA) is 40.5 Å². The van der Waals surface area contributed by atoms with E-state index < -0.39 is 6.23 Å². The predicted molar refractivity (Wildman–Crippen MR) is 81.7 cm³/mol. The molecule has 0 aliphatic carbocycles. The monoisotopic (exact) mass is 389 g/mol. The Morgan fingerprint density at radius 1 is 1.21 bits per heavy atom. The van der Waals surface area contributed by atoms with Gasteiger partial charge in [0.2, 0.25) is 5.91 Å². The number of aryl methyl sites for hydroxylation is 1. The number of aliphatic hydroxyl groups is 1. The summed E-state index contributed by atoms with van der Waals surface area (Å²) >= 11 is 6.95. The fourth-order valence-electron chi connectivity index (χ4n) is 2.36. The average Bonchev–Trinajstić information content (AvgIpc) is 2.64. The molecule has 3 nitrogen and oxygen atoms in total. The molecule has 0 saturated carbocycles. The van der Waals surface area contributed by atoms with Crippen LogP contribution in [-0.4, -0.2) is 28.7 Å². The van der Waals surface area contributed by atoms with Crippen LogP contribution in [0.2, 0.25) is 0 Å². The van der Waals surface area contributed by atoms with Crippen LogP contribution < -0.4 is 0 Å². The molecule has 1 aliphatic heterocycles. The van der Waals surface area contributed by atoms with E-state index in [4.69, 9.17) is 0 Å². The summed E-state index contributed by atoms with van der Waals surface area (Å²) in [4.78, 5) is 13.1. The van der Waals surface area contributed by atoms with E-state index in [1.807, 2.05) is 6.07 Å². The van der Waals surface area contributed by atoms with Crippen molar-refractivity contribution in [2.24, 2.45) is 0 Å². The fourth-order valence-corrected chi connectivity index (χ4v) is 3.75. The van der Waals surface area contributed by atoms with Crippen LogP contribution in [-0.2, 0) is 11.2 Å². The van der Waals surface area contributed by atoms with Gasteiger partial charge in [-0.15, -0.1) is 0 Å². The number of carbonyl (C=O) groups is 1. The first-order valence-electron chi connectivity index (χ1n) is 6.49. The lowest BCUT2D eigenvalue weighted by molar-refractivity contribution is -0.133. The number of unbranched alkanes of at least 4 members (excludes halogenated alkanes) is 1. The first kappa shape index (κ1) is 15.0. The van der Waals surface area contributed by atoms with Gasteiger partial charge in [-0.3, -0.25) is 4.79 Å². The molecule has 19 heavy (non-hydrogen) atoms. The Morgan fingerprint density at radius 3 is 2.47 bits per heavy atom. The molecule has 1 aliphatic rings. The van der Waals surface area contributed by atoms with Crippen molar-refractivity contribution < 1.29 is 9.90 Å².